The summed E-state index contributed by atoms with van der Waals surface area (Å²) < 4.78 is 4.55. The predicted octanol–water partition coefficient (Wildman–Crippen LogP) is 0.747. The van der Waals surface area contributed by atoms with Gasteiger partial charge in [-0.2, -0.15) is 0 Å². The molecule has 13 heavy (non-hydrogen) atoms. The van der Waals surface area contributed by atoms with Crippen LogP contribution in [0.25, 0.3) is 0 Å². The molecule has 0 aromatic carbocycles. The largest absolute Gasteiger partial charge is 0.462 e. The molecule has 0 aliphatic carbocycles. The highest BCUT2D eigenvalue weighted by Gasteiger charge is 2.07. The summed E-state index contributed by atoms with van der Waals surface area (Å²) in [6.45, 7) is 7.55. The van der Waals surface area contributed by atoms with E-state index in [1.54, 1.807) is 14.0 Å². The summed E-state index contributed by atoms with van der Waals surface area (Å²) in [7, 11) is 1.63. The first kappa shape index (κ1) is 14.4. The molecule has 0 radical (unpaired) electrons. The van der Waals surface area contributed by atoms with Crippen LogP contribution < -0.4 is 5.84 Å². The van der Waals surface area contributed by atoms with Crippen molar-refractivity contribution in [1.29, 1.82) is 5.41 Å². The molecule has 0 atom stereocenters. The van der Waals surface area contributed by atoms with Gasteiger partial charge in [0.05, 0.1) is 0 Å². The number of nitrogens with one attached hydrogen (secondary N) is 1. The van der Waals surface area contributed by atoms with Crippen LogP contribution in [-0.2, 0) is 9.53 Å². The third kappa shape index (κ3) is 18.1. The molecule has 0 saturated carbocycles. The van der Waals surface area contributed by atoms with Crippen molar-refractivity contribution in [2.24, 2.45) is 5.84 Å². The second-order valence-corrected chi connectivity index (χ2v) is 3.52. The van der Waals surface area contributed by atoms with Crippen LogP contribution in [0.3, 0.4) is 0 Å². The van der Waals surface area contributed by atoms with Crippen LogP contribution in [0.2, 0.25) is 0 Å². The molecular weight excluding hydrogens is 170 g/mol. The molecule has 0 fully saturated rings. The molecule has 0 unspecified atom stereocenters. The molecular formula is C8H19N3O2. The summed E-state index contributed by atoms with van der Waals surface area (Å²) in [5.41, 5.74) is -0.318. The monoisotopic (exact) mass is 189 g/mol. The van der Waals surface area contributed by atoms with Crippen LogP contribution in [0.4, 0.5) is 0 Å². The lowest BCUT2D eigenvalue weighted by Crippen LogP contribution is -2.29. The molecule has 0 aromatic rings. The van der Waals surface area contributed by atoms with Crippen molar-refractivity contribution >= 4 is 12.3 Å². The number of ether oxygens (including phenoxy) is 1. The predicted molar refractivity (Wildman–Crippen MR) is 52.3 cm³/mol. The van der Waals surface area contributed by atoms with E-state index in [0.29, 0.717) is 12.3 Å². The highest BCUT2D eigenvalue weighted by atomic mass is 16.5. The molecule has 0 heterocycles. The molecule has 5 nitrogen and oxygen atoms in total. The van der Waals surface area contributed by atoms with E-state index >= 15 is 0 Å². The molecule has 0 aliphatic rings. The fourth-order valence-corrected chi connectivity index (χ4v) is 0.144. The minimum Gasteiger partial charge on any atom is -0.462 e. The van der Waals surface area contributed by atoms with Crippen molar-refractivity contribution in [3.63, 3.8) is 0 Å². The molecule has 0 aromatic heterocycles. The maximum Gasteiger partial charge on any atom is 0.293 e. The highest BCUT2D eigenvalue weighted by Crippen LogP contribution is 2.02. The molecule has 0 aliphatic heterocycles. The Hall–Kier alpha value is -1.10. The Morgan fingerprint density at radius 2 is 1.85 bits per heavy atom. The van der Waals surface area contributed by atoms with E-state index in [-0.39, 0.29) is 5.60 Å². The van der Waals surface area contributed by atoms with Crippen molar-refractivity contribution in [2.45, 2.75) is 33.3 Å². The highest BCUT2D eigenvalue weighted by molar-refractivity contribution is 5.75. The number of hydrogen-bond donors (Lipinski definition) is 2. The molecule has 0 spiro atoms. The van der Waals surface area contributed by atoms with Crippen LogP contribution in [0.1, 0.15) is 27.7 Å². The van der Waals surface area contributed by atoms with E-state index in [2.05, 4.69) is 4.74 Å². The zero-order chi connectivity index (χ0) is 11.1. The van der Waals surface area contributed by atoms with Crippen LogP contribution in [-0.4, -0.2) is 30.0 Å². The topological polar surface area (TPSA) is 79.4 Å². The normalized spacial score (nSPS) is 9.38. The van der Waals surface area contributed by atoms with E-state index in [4.69, 9.17) is 11.3 Å². The van der Waals surface area contributed by atoms with Crippen molar-refractivity contribution in [3.05, 3.63) is 0 Å². The van der Waals surface area contributed by atoms with Gasteiger partial charge in [0.25, 0.3) is 6.47 Å². The minimum absolute atomic E-state index is 0.318. The smallest absolute Gasteiger partial charge is 0.293 e. The molecule has 0 saturated heterocycles. The van der Waals surface area contributed by atoms with Crippen LogP contribution >= 0.6 is 0 Å². The van der Waals surface area contributed by atoms with Gasteiger partial charge >= 0.3 is 0 Å². The zero-order valence-electron chi connectivity index (χ0n) is 8.92. The Bertz CT molecular complexity index is 161. The number of rotatable bonds is 1. The number of nitrogens with two attached hydrogens (primary N) is 1. The van der Waals surface area contributed by atoms with Crippen molar-refractivity contribution in [2.75, 3.05) is 7.05 Å². The van der Waals surface area contributed by atoms with Gasteiger partial charge < -0.3 is 9.75 Å². The van der Waals surface area contributed by atoms with E-state index in [0.717, 1.165) is 0 Å². The molecule has 0 amide bonds. The van der Waals surface area contributed by atoms with E-state index in [1.165, 1.54) is 5.01 Å². The quantitative estimate of drug-likeness (QED) is 0.210. The number of amidine groups is 1. The Balaban J connectivity index is 0. The van der Waals surface area contributed by atoms with Crippen molar-refractivity contribution in [3.8, 4) is 0 Å². The van der Waals surface area contributed by atoms with Gasteiger partial charge in [-0.3, -0.25) is 10.2 Å². The molecule has 5 heteroatoms. The molecule has 78 valence electrons. The Labute approximate surface area is 79.3 Å². The van der Waals surface area contributed by atoms with Gasteiger partial charge in [0.1, 0.15) is 11.4 Å². The van der Waals surface area contributed by atoms with Crippen molar-refractivity contribution < 1.29 is 9.53 Å². The zero-order valence-corrected chi connectivity index (χ0v) is 8.92. The number of carbonyl (C=O) groups excluding carboxylic acids is 1. The summed E-state index contributed by atoms with van der Waals surface area (Å²) >= 11 is 0. The first-order valence-corrected chi connectivity index (χ1v) is 3.85. The van der Waals surface area contributed by atoms with Gasteiger partial charge in [0.2, 0.25) is 0 Å². The number of carbonyl (C=O) groups is 1. The summed E-state index contributed by atoms with van der Waals surface area (Å²) in [6.07, 6.45) is 0. The SMILES string of the molecule is CC(=N)N(C)N.CC(C)(C)OC=O. The third-order valence-electron chi connectivity index (χ3n) is 0.931. The summed E-state index contributed by atoms with van der Waals surface area (Å²) in [5, 5.41) is 8.00. The van der Waals surface area contributed by atoms with Gasteiger partial charge in [0.15, 0.2) is 0 Å². The molecule has 0 rings (SSSR count). The van der Waals surface area contributed by atoms with E-state index < -0.39 is 0 Å². The van der Waals surface area contributed by atoms with Gasteiger partial charge in [0, 0.05) is 7.05 Å². The fourth-order valence-electron chi connectivity index (χ4n) is 0.144. The first-order chi connectivity index (χ1) is 5.70. The van der Waals surface area contributed by atoms with Gasteiger partial charge in [-0.25, -0.2) is 5.84 Å². The van der Waals surface area contributed by atoms with Gasteiger partial charge in [-0.15, -0.1) is 0 Å². The lowest BCUT2D eigenvalue weighted by atomic mass is 10.2. The summed E-state index contributed by atoms with van der Waals surface area (Å²) in [6, 6.07) is 0. The molecule has 3 N–H and O–H groups in total. The lowest BCUT2D eigenvalue weighted by Gasteiger charge is -2.14. The van der Waals surface area contributed by atoms with Gasteiger partial charge in [-0.05, 0) is 27.7 Å². The van der Waals surface area contributed by atoms with Gasteiger partial charge in [-0.1, -0.05) is 0 Å². The van der Waals surface area contributed by atoms with Crippen LogP contribution in [0.15, 0.2) is 0 Å². The third-order valence-corrected chi connectivity index (χ3v) is 0.931. The molecule has 0 bridgehead atoms. The summed E-state index contributed by atoms with van der Waals surface area (Å²) in [5.74, 6) is 5.41. The Morgan fingerprint density at radius 3 is 1.85 bits per heavy atom. The average molecular weight is 189 g/mol. The first-order valence-electron chi connectivity index (χ1n) is 3.85. The lowest BCUT2D eigenvalue weighted by molar-refractivity contribution is -0.138. The Kier molecular flexibility index (Phi) is 7.12. The standard InChI is InChI=1S/C5H10O2.C3H9N3/c1-5(2,3)7-4-6;1-3(4)6(2)5/h4H,1-3H3;4H,5H2,1-2H3. The number of nitrogens with zero attached hydrogens (tertiary/aromatic N) is 1. The summed E-state index contributed by atoms with van der Waals surface area (Å²) in [4.78, 5) is 9.60. The van der Waals surface area contributed by atoms with Crippen molar-refractivity contribution in [1.82, 2.24) is 5.01 Å². The second kappa shape index (κ2) is 6.42. The van der Waals surface area contributed by atoms with Crippen LogP contribution in [0.5, 0.6) is 0 Å². The average Bonchev–Trinajstić information content (AvgIpc) is 1.85. The van der Waals surface area contributed by atoms with E-state index in [1.807, 2.05) is 20.8 Å². The maximum atomic E-state index is 9.60. The fraction of sp³-hybridized carbons (Fsp3) is 0.750. The number of hydrazine groups is 1. The van der Waals surface area contributed by atoms with Crippen LogP contribution in [0, 0.1) is 5.41 Å². The Morgan fingerprint density at radius 1 is 1.54 bits per heavy atom. The minimum atomic E-state index is -0.318. The van der Waals surface area contributed by atoms with E-state index in [9.17, 15) is 4.79 Å². The number of hydrogen-bond acceptors (Lipinski definition) is 4. The second-order valence-electron chi connectivity index (χ2n) is 3.52. The maximum absolute atomic E-state index is 9.60.